The van der Waals surface area contributed by atoms with E-state index in [9.17, 15) is 4.79 Å². The number of nitrogens with one attached hydrogen (secondary N) is 3. The minimum absolute atomic E-state index is 0. The van der Waals surface area contributed by atoms with Crippen LogP contribution in [0.15, 0.2) is 30.3 Å². The molecule has 0 bridgehead atoms. The SMILES string of the molecule is CCC(N)(CC)CNC(=O)C1CC(c2ccccc2)NN1.Cl. The Balaban J connectivity index is 0.00000242. The number of benzene rings is 1. The molecule has 2 rings (SSSR count). The Bertz CT molecular complexity index is 464. The molecule has 5 N–H and O–H groups in total. The molecule has 1 aliphatic heterocycles. The van der Waals surface area contributed by atoms with Gasteiger partial charge in [0.15, 0.2) is 0 Å². The molecule has 1 amide bonds. The van der Waals surface area contributed by atoms with E-state index in [1.54, 1.807) is 0 Å². The van der Waals surface area contributed by atoms with Gasteiger partial charge in [0.1, 0.15) is 6.04 Å². The average molecular weight is 327 g/mol. The highest BCUT2D eigenvalue weighted by Crippen LogP contribution is 2.21. The minimum atomic E-state index is -0.305. The summed E-state index contributed by atoms with van der Waals surface area (Å²) in [6, 6.07) is 10.1. The second kappa shape index (κ2) is 8.48. The molecule has 1 aromatic carbocycles. The normalized spacial score (nSPS) is 21.2. The molecular formula is C16H27ClN4O. The van der Waals surface area contributed by atoms with Gasteiger partial charge in [0.2, 0.25) is 5.91 Å². The standard InChI is InChI=1S/C16H26N4O.ClH/c1-3-16(17,4-2)11-18-15(21)14-10-13(19-20-14)12-8-6-5-7-9-12;/h5-9,13-14,19-20H,3-4,10-11,17H2,1-2H3,(H,18,21);1H. The lowest BCUT2D eigenvalue weighted by molar-refractivity contribution is -0.123. The van der Waals surface area contributed by atoms with Crippen molar-refractivity contribution >= 4 is 18.3 Å². The van der Waals surface area contributed by atoms with Crippen molar-refractivity contribution in [3.05, 3.63) is 35.9 Å². The van der Waals surface area contributed by atoms with E-state index in [1.165, 1.54) is 5.56 Å². The minimum Gasteiger partial charge on any atom is -0.353 e. The molecule has 1 aromatic rings. The molecule has 0 saturated carbocycles. The first-order valence-electron chi connectivity index (χ1n) is 7.70. The summed E-state index contributed by atoms with van der Waals surface area (Å²) in [6.45, 7) is 4.62. The highest BCUT2D eigenvalue weighted by Gasteiger charge is 2.31. The number of halogens is 1. The van der Waals surface area contributed by atoms with Crippen molar-refractivity contribution in [2.45, 2.75) is 50.7 Å². The lowest BCUT2D eigenvalue weighted by atomic mass is 9.94. The van der Waals surface area contributed by atoms with Gasteiger partial charge in [-0.3, -0.25) is 4.79 Å². The summed E-state index contributed by atoms with van der Waals surface area (Å²) in [6.07, 6.45) is 2.45. The maximum Gasteiger partial charge on any atom is 0.238 e. The predicted molar refractivity (Wildman–Crippen MR) is 91.6 cm³/mol. The smallest absolute Gasteiger partial charge is 0.238 e. The van der Waals surface area contributed by atoms with Crippen LogP contribution in [0.3, 0.4) is 0 Å². The van der Waals surface area contributed by atoms with Crippen molar-refractivity contribution in [2.75, 3.05) is 6.54 Å². The Morgan fingerprint density at radius 3 is 2.50 bits per heavy atom. The van der Waals surface area contributed by atoms with Crippen LogP contribution in [0.2, 0.25) is 0 Å². The van der Waals surface area contributed by atoms with Gasteiger partial charge in [0.05, 0.1) is 0 Å². The van der Waals surface area contributed by atoms with Crippen LogP contribution in [0.5, 0.6) is 0 Å². The first-order valence-corrected chi connectivity index (χ1v) is 7.70. The summed E-state index contributed by atoms with van der Waals surface area (Å²) >= 11 is 0. The molecular weight excluding hydrogens is 300 g/mol. The topological polar surface area (TPSA) is 79.2 Å². The number of nitrogens with two attached hydrogens (primary N) is 1. The highest BCUT2D eigenvalue weighted by molar-refractivity contribution is 5.85. The molecule has 22 heavy (non-hydrogen) atoms. The Kier molecular flexibility index (Phi) is 7.29. The predicted octanol–water partition coefficient (Wildman–Crippen LogP) is 1.65. The molecule has 1 aliphatic rings. The van der Waals surface area contributed by atoms with Gasteiger partial charge in [-0.1, -0.05) is 44.2 Å². The second-order valence-electron chi connectivity index (χ2n) is 5.83. The number of hydrogen-bond acceptors (Lipinski definition) is 4. The number of hydrogen-bond donors (Lipinski definition) is 4. The fourth-order valence-electron chi connectivity index (χ4n) is 2.52. The molecule has 2 atom stereocenters. The summed E-state index contributed by atoms with van der Waals surface area (Å²) in [7, 11) is 0. The fourth-order valence-corrected chi connectivity index (χ4v) is 2.52. The molecule has 5 nitrogen and oxygen atoms in total. The molecule has 6 heteroatoms. The van der Waals surface area contributed by atoms with Crippen molar-refractivity contribution in [3.8, 4) is 0 Å². The molecule has 0 spiro atoms. The van der Waals surface area contributed by atoms with Crippen molar-refractivity contribution in [2.24, 2.45) is 5.73 Å². The largest absolute Gasteiger partial charge is 0.353 e. The maximum absolute atomic E-state index is 12.2. The highest BCUT2D eigenvalue weighted by atomic mass is 35.5. The van der Waals surface area contributed by atoms with Gasteiger partial charge >= 0.3 is 0 Å². The van der Waals surface area contributed by atoms with Crippen LogP contribution in [0.25, 0.3) is 0 Å². The number of rotatable bonds is 6. The van der Waals surface area contributed by atoms with E-state index < -0.39 is 0 Å². The van der Waals surface area contributed by atoms with Gasteiger partial charge in [-0.2, -0.15) is 0 Å². The number of hydrazine groups is 1. The zero-order valence-electron chi connectivity index (χ0n) is 13.3. The first kappa shape index (κ1) is 18.9. The third-order valence-electron chi connectivity index (χ3n) is 4.44. The lowest BCUT2D eigenvalue weighted by Crippen LogP contribution is -2.52. The van der Waals surface area contributed by atoms with Gasteiger partial charge < -0.3 is 11.1 Å². The third-order valence-corrected chi connectivity index (χ3v) is 4.44. The van der Waals surface area contributed by atoms with E-state index in [1.807, 2.05) is 18.2 Å². The Hall–Kier alpha value is -1.14. The summed E-state index contributed by atoms with van der Waals surface area (Å²) in [5.74, 6) is 0.0117. The maximum atomic E-state index is 12.2. The van der Waals surface area contributed by atoms with Crippen LogP contribution in [0.4, 0.5) is 0 Å². The summed E-state index contributed by atoms with van der Waals surface area (Å²) in [5.41, 5.74) is 13.4. The average Bonchev–Trinajstić information content (AvgIpc) is 3.03. The molecule has 2 unspecified atom stereocenters. The summed E-state index contributed by atoms with van der Waals surface area (Å²) < 4.78 is 0. The van der Waals surface area contributed by atoms with Gasteiger partial charge in [0.25, 0.3) is 0 Å². The molecule has 0 aliphatic carbocycles. The summed E-state index contributed by atoms with van der Waals surface area (Å²) in [5, 5.41) is 2.97. The zero-order valence-corrected chi connectivity index (χ0v) is 14.1. The van der Waals surface area contributed by atoms with Gasteiger partial charge in [0, 0.05) is 18.1 Å². The fraction of sp³-hybridized carbons (Fsp3) is 0.562. The van der Waals surface area contributed by atoms with Gasteiger partial charge in [-0.15, -0.1) is 12.4 Å². The Labute approximate surface area is 138 Å². The Morgan fingerprint density at radius 1 is 1.27 bits per heavy atom. The lowest BCUT2D eigenvalue weighted by Gasteiger charge is -2.27. The number of amides is 1. The Morgan fingerprint density at radius 2 is 1.91 bits per heavy atom. The molecule has 1 heterocycles. The van der Waals surface area contributed by atoms with E-state index in [0.717, 1.165) is 19.3 Å². The molecule has 0 radical (unpaired) electrons. The quantitative estimate of drug-likeness (QED) is 0.641. The number of carbonyl (C=O) groups is 1. The van der Waals surface area contributed by atoms with Crippen LogP contribution in [-0.4, -0.2) is 24.0 Å². The van der Waals surface area contributed by atoms with Crippen LogP contribution in [-0.2, 0) is 4.79 Å². The monoisotopic (exact) mass is 326 g/mol. The van der Waals surface area contributed by atoms with E-state index in [2.05, 4.69) is 42.1 Å². The van der Waals surface area contributed by atoms with Gasteiger partial charge in [-0.05, 0) is 24.8 Å². The molecule has 124 valence electrons. The van der Waals surface area contributed by atoms with E-state index in [4.69, 9.17) is 5.73 Å². The van der Waals surface area contributed by atoms with Gasteiger partial charge in [-0.25, -0.2) is 10.9 Å². The van der Waals surface area contributed by atoms with Crippen LogP contribution in [0.1, 0.15) is 44.7 Å². The zero-order chi connectivity index (χ0) is 15.3. The van der Waals surface area contributed by atoms with Crippen molar-refractivity contribution in [3.63, 3.8) is 0 Å². The second-order valence-corrected chi connectivity index (χ2v) is 5.83. The van der Waals surface area contributed by atoms with Crippen LogP contribution < -0.4 is 21.9 Å². The first-order chi connectivity index (χ1) is 10.1. The van der Waals surface area contributed by atoms with E-state index in [-0.39, 0.29) is 35.9 Å². The van der Waals surface area contributed by atoms with Crippen molar-refractivity contribution < 1.29 is 4.79 Å². The van der Waals surface area contributed by atoms with Crippen LogP contribution >= 0.6 is 12.4 Å². The van der Waals surface area contributed by atoms with E-state index in [0.29, 0.717) is 6.54 Å². The van der Waals surface area contributed by atoms with E-state index >= 15 is 0 Å². The number of carbonyl (C=O) groups excluding carboxylic acids is 1. The summed E-state index contributed by atoms with van der Waals surface area (Å²) in [4.78, 5) is 12.2. The van der Waals surface area contributed by atoms with Crippen LogP contribution in [0, 0.1) is 0 Å². The molecule has 1 fully saturated rings. The third kappa shape index (κ3) is 4.68. The van der Waals surface area contributed by atoms with Crippen molar-refractivity contribution in [1.82, 2.24) is 16.2 Å². The molecule has 0 aromatic heterocycles. The molecule has 1 saturated heterocycles. The van der Waals surface area contributed by atoms with Crippen molar-refractivity contribution in [1.29, 1.82) is 0 Å².